The van der Waals surface area contributed by atoms with Crippen molar-refractivity contribution in [2.24, 2.45) is 0 Å². The maximum atomic E-state index is 13.6. The van der Waals surface area contributed by atoms with Gasteiger partial charge in [0, 0.05) is 6.04 Å². The Morgan fingerprint density at radius 2 is 2.05 bits per heavy atom. The van der Waals surface area contributed by atoms with Gasteiger partial charge < -0.3 is 10.6 Å². The van der Waals surface area contributed by atoms with Crippen LogP contribution in [0.2, 0.25) is 0 Å². The number of carbonyl (C=O) groups excluding carboxylic acids is 1. The van der Waals surface area contributed by atoms with Gasteiger partial charge in [0.25, 0.3) is 0 Å². The van der Waals surface area contributed by atoms with Gasteiger partial charge in [0.15, 0.2) is 0 Å². The van der Waals surface area contributed by atoms with Gasteiger partial charge >= 0.3 is 0 Å². The summed E-state index contributed by atoms with van der Waals surface area (Å²) in [4.78, 5) is 11.8. The third kappa shape index (κ3) is 3.94. The first-order valence-corrected chi connectivity index (χ1v) is 6.95. The highest BCUT2D eigenvalue weighted by Gasteiger charge is 2.15. The number of hydrogen-bond donors (Lipinski definition) is 2. The van der Waals surface area contributed by atoms with Crippen molar-refractivity contribution >= 4 is 11.6 Å². The lowest BCUT2D eigenvalue weighted by atomic mass is 9.95. The SMILES string of the molecule is Cc1cccc(F)c1NCC(=O)NC1CCCCC1. The number of halogens is 1. The van der Waals surface area contributed by atoms with Crippen LogP contribution in [0.25, 0.3) is 0 Å². The minimum absolute atomic E-state index is 0.0606. The lowest BCUT2D eigenvalue weighted by Gasteiger charge is -2.23. The third-order valence-corrected chi connectivity index (χ3v) is 3.62. The average molecular weight is 264 g/mol. The number of anilines is 1. The Morgan fingerprint density at radius 3 is 2.74 bits per heavy atom. The number of nitrogens with one attached hydrogen (secondary N) is 2. The van der Waals surface area contributed by atoms with Crippen LogP contribution in [0.1, 0.15) is 37.7 Å². The first kappa shape index (κ1) is 13.8. The van der Waals surface area contributed by atoms with Crippen molar-refractivity contribution in [1.82, 2.24) is 5.32 Å². The molecular formula is C15H21FN2O. The zero-order valence-electron chi connectivity index (χ0n) is 11.3. The number of amides is 1. The molecule has 1 aromatic carbocycles. The first-order chi connectivity index (χ1) is 9.16. The molecule has 0 spiro atoms. The molecule has 1 aliphatic rings. The summed E-state index contributed by atoms with van der Waals surface area (Å²) >= 11 is 0. The van der Waals surface area contributed by atoms with Crippen molar-refractivity contribution in [2.45, 2.75) is 45.1 Å². The van der Waals surface area contributed by atoms with Crippen LogP contribution in [0.5, 0.6) is 0 Å². The van der Waals surface area contributed by atoms with Crippen LogP contribution in [-0.4, -0.2) is 18.5 Å². The number of aryl methyl sites for hydroxylation is 1. The lowest BCUT2D eigenvalue weighted by Crippen LogP contribution is -2.39. The predicted octanol–water partition coefficient (Wildman–Crippen LogP) is 2.99. The number of benzene rings is 1. The number of rotatable bonds is 4. The summed E-state index contributed by atoms with van der Waals surface area (Å²) in [5.74, 6) is -0.375. The molecule has 3 nitrogen and oxygen atoms in total. The Hall–Kier alpha value is -1.58. The molecule has 2 N–H and O–H groups in total. The van der Waals surface area contributed by atoms with Crippen molar-refractivity contribution in [3.05, 3.63) is 29.6 Å². The first-order valence-electron chi connectivity index (χ1n) is 6.95. The summed E-state index contributed by atoms with van der Waals surface area (Å²) in [5, 5.41) is 5.89. The average Bonchev–Trinajstić information content (AvgIpc) is 2.39. The fraction of sp³-hybridized carbons (Fsp3) is 0.533. The second-order valence-corrected chi connectivity index (χ2v) is 5.19. The number of para-hydroxylation sites is 1. The third-order valence-electron chi connectivity index (χ3n) is 3.62. The van der Waals surface area contributed by atoms with Gasteiger partial charge in [-0.3, -0.25) is 4.79 Å². The van der Waals surface area contributed by atoms with Gasteiger partial charge in [-0.25, -0.2) is 4.39 Å². The molecule has 4 heteroatoms. The van der Waals surface area contributed by atoms with Crippen LogP contribution in [0.4, 0.5) is 10.1 Å². The largest absolute Gasteiger partial charge is 0.374 e. The van der Waals surface area contributed by atoms with E-state index in [0.717, 1.165) is 18.4 Å². The second kappa shape index (κ2) is 6.55. The van der Waals surface area contributed by atoms with Crippen LogP contribution >= 0.6 is 0 Å². The van der Waals surface area contributed by atoms with Gasteiger partial charge in [-0.15, -0.1) is 0 Å². The molecule has 0 radical (unpaired) electrons. The maximum absolute atomic E-state index is 13.6. The quantitative estimate of drug-likeness (QED) is 0.877. The van der Waals surface area contributed by atoms with Gasteiger partial charge in [0.2, 0.25) is 5.91 Å². The lowest BCUT2D eigenvalue weighted by molar-refractivity contribution is -0.120. The van der Waals surface area contributed by atoms with Gasteiger partial charge in [-0.1, -0.05) is 31.4 Å². The van der Waals surface area contributed by atoms with Crippen LogP contribution in [-0.2, 0) is 4.79 Å². The van der Waals surface area contributed by atoms with Crippen LogP contribution in [0.3, 0.4) is 0 Å². The molecular weight excluding hydrogens is 243 g/mol. The van der Waals surface area contributed by atoms with Crippen LogP contribution in [0.15, 0.2) is 18.2 Å². The van der Waals surface area contributed by atoms with E-state index < -0.39 is 0 Å². The molecule has 0 aliphatic heterocycles. The predicted molar refractivity (Wildman–Crippen MR) is 74.6 cm³/mol. The molecule has 1 aromatic rings. The van der Waals surface area contributed by atoms with Gasteiger partial charge in [-0.05, 0) is 31.4 Å². The molecule has 0 atom stereocenters. The van der Waals surface area contributed by atoms with E-state index in [1.54, 1.807) is 6.07 Å². The highest BCUT2D eigenvalue weighted by Crippen LogP contribution is 2.19. The monoisotopic (exact) mass is 264 g/mol. The molecule has 1 fully saturated rings. The van der Waals surface area contributed by atoms with E-state index in [1.165, 1.54) is 25.3 Å². The standard InChI is InChI=1S/C15H21FN2O/c1-11-6-5-9-13(16)15(11)17-10-14(19)18-12-7-3-2-4-8-12/h5-6,9,12,17H,2-4,7-8,10H2,1H3,(H,18,19). The van der Waals surface area contributed by atoms with E-state index in [2.05, 4.69) is 10.6 Å². The molecule has 1 saturated carbocycles. The summed E-state index contributed by atoms with van der Waals surface area (Å²) < 4.78 is 13.6. The molecule has 104 valence electrons. The Balaban J connectivity index is 1.83. The second-order valence-electron chi connectivity index (χ2n) is 5.19. The summed E-state index contributed by atoms with van der Waals surface area (Å²) in [6.45, 7) is 1.95. The zero-order valence-corrected chi connectivity index (χ0v) is 11.3. The van der Waals surface area contributed by atoms with Crippen molar-refractivity contribution in [2.75, 3.05) is 11.9 Å². The normalized spacial score (nSPS) is 16.1. The number of hydrogen-bond acceptors (Lipinski definition) is 2. The van der Waals surface area contributed by atoms with Gasteiger partial charge in [0.1, 0.15) is 5.82 Å². The van der Waals surface area contributed by atoms with Crippen molar-refractivity contribution in [1.29, 1.82) is 0 Å². The minimum atomic E-state index is -0.314. The van der Waals surface area contributed by atoms with E-state index in [9.17, 15) is 9.18 Å². The highest BCUT2D eigenvalue weighted by atomic mass is 19.1. The van der Waals surface area contributed by atoms with Crippen LogP contribution < -0.4 is 10.6 Å². The molecule has 2 rings (SSSR count). The molecule has 0 aromatic heterocycles. The van der Waals surface area contributed by atoms with Gasteiger partial charge in [-0.2, -0.15) is 0 Å². The Labute approximate surface area is 113 Å². The Kier molecular flexibility index (Phi) is 4.77. The molecule has 1 amide bonds. The Bertz CT molecular complexity index is 422. The highest BCUT2D eigenvalue weighted by molar-refractivity contribution is 5.81. The van der Waals surface area contributed by atoms with E-state index in [4.69, 9.17) is 0 Å². The molecule has 0 heterocycles. The van der Waals surface area contributed by atoms with Crippen molar-refractivity contribution < 1.29 is 9.18 Å². The molecule has 0 unspecified atom stereocenters. The van der Waals surface area contributed by atoms with E-state index in [-0.39, 0.29) is 18.3 Å². The maximum Gasteiger partial charge on any atom is 0.239 e. The van der Waals surface area contributed by atoms with E-state index in [0.29, 0.717) is 11.7 Å². The summed E-state index contributed by atoms with van der Waals surface area (Å²) in [6.07, 6.45) is 5.75. The van der Waals surface area contributed by atoms with Crippen LogP contribution in [0, 0.1) is 12.7 Å². The van der Waals surface area contributed by atoms with Crippen molar-refractivity contribution in [3.63, 3.8) is 0 Å². The fourth-order valence-corrected chi connectivity index (χ4v) is 2.55. The minimum Gasteiger partial charge on any atom is -0.374 e. The summed E-state index contributed by atoms with van der Waals surface area (Å²) in [6, 6.07) is 5.18. The molecule has 19 heavy (non-hydrogen) atoms. The molecule has 1 aliphatic carbocycles. The van der Waals surface area contributed by atoms with E-state index >= 15 is 0 Å². The van der Waals surface area contributed by atoms with E-state index in [1.807, 2.05) is 13.0 Å². The Morgan fingerprint density at radius 1 is 1.32 bits per heavy atom. The van der Waals surface area contributed by atoms with Gasteiger partial charge in [0.05, 0.1) is 12.2 Å². The summed E-state index contributed by atoms with van der Waals surface area (Å²) in [5.41, 5.74) is 1.23. The smallest absolute Gasteiger partial charge is 0.239 e. The molecule has 0 saturated heterocycles. The fourth-order valence-electron chi connectivity index (χ4n) is 2.55. The molecule has 0 bridgehead atoms. The number of carbonyl (C=O) groups is 1. The summed E-state index contributed by atoms with van der Waals surface area (Å²) in [7, 11) is 0. The topological polar surface area (TPSA) is 41.1 Å². The van der Waals surface area contributed by atoms with Crippen molar-refractivity contribution in [3.8, 4) is 0 Å². The zero-order chi connectivity index (χ0) is 13.7.